The first-order valence-corrected chi connectivity index (χ1v) is 8.57. The Bertz CT molecular complexity index is 759. The average Bonchev–Trinajstić information content (AvgIpc) is 3.04. The summed E-state index contributed by atoms with van der Waals surface area (Å²) in [5.41, 5.74) is 13.5. The van der Waals surface area contributed by atoms with Crippen LogP contribution in [-0.2, 0) is 6.42 Å². The summed E-state index contributed by atoms with van der Waals surface area (Å²) in [6.45, 7) is 0.250. The van der Waals surface area contributed by atoms with Crippen LogP contribution in [0.15, 0.2) is 41.9 Å². The van der Waals surface area contributed by atoms with E-state index in [4.69, 9.17) is 17.3 Å². The number of hydrogen-bond acceptors (Lipinski definition) is 6. The summed E-state index contributed by atoms with van der Waals surface area (Å²) < 4.78 is 13.3. The highest BCUT2D eigenvalue weighted by molar-refractivity contribution is 7.12. The normalized spacial score (nSPS) is 12.7. The van der Waals surface area contributed by atoms with Crippen molar-refractivity contribution in [2.75, 3.05) is 13.6 Å². The van der Waals surface area contributed by atoms with Crippen molar-refractivity contribution >= 4 is 22.9 Å². The number of nitrogens with zero attached hydrogens (tertiary/aromatic N) is 1. The first-order chi connectivity index (χ1) is 11.9. The maximum Gasteiger partial charge on any atom is 0.261 e. The van der Waals surface area contributed by atoms with Crippen LogP contribution < -0.4 is 22.6 Å². The molecule has 0 aliphatic rings. The Morgan fingerprint density at radius 3 is 2.80 bits per heavy atom. The monoisotopic (exact) mass is 363 g/mol. The Balaban J connectivity index is 2.06. The van der Waals surface area contributed by atoms with Gasteiger partial charge in [-0.1, -0.05) is 12.1 Å². The number of carbonyl (C=O) groups is 1. The van der Waals surface area contributed by atoms with E-state index in [0.717, 1.165) is 11.1 Å². The molecule has 1 aromatic carbocycles. The third kappa shape index (κ3) is 5.02. The molecule has 2 rings (SSSR count). The molecular weight excluding hydrogens is 341 g/mol. The number of benzene rings is 1. The fourth-order valence-corrected chi connectivity index (χ4v) is 3.21. The second-order valence-corrected chi connectivity index (χ2v) is 6.51. The van der Waals surface area contributed by atoms with E-state index in [9.17, 15) is 9.18 Å². The number of halogens is 1. The molecule has 0 spiro atoms. The van der Waals surface area contributed by atoms with Crippen LogP contribution in [0.2, 0.25) is 0 Å². The van der Waals surface area contributed by atoms with Gasteiger partial charge in [0.2, 0.25) is 0 Å². The molecule has 25 heavy (non-hydrogen) atoms. The summed E-state index contributed by atoms with van der Waals surface area (Å²) >= 11 is 1.29. The third-order valence-corrected chi connectivity index (χ3v) is 4.58. The summed E-state index contributed by atoms with van der Waals surface area (Å²) in [5, 5.41) is 6.07. The number of nitrogens with one attached hydrogen (secondary N) is 1. The lowest BCUT2D eigenvalue weighted by Crippen LogP contribution is -2.41. The molecule has 1 unspecified atom stereocenters. The van der Waals surface area contributed by atoms with Gasteiger partial charge in [-0.15, -0.1) is 11.3 Å². The van der Waals surface area contributed by atoms with Crippen LogP contribution in [0.1, 0.15) is 20.8 Å². The van der Waals surface area contributed by atoms with Gasteiger partial charge in [0, 0.05) is 36.8 Å². The zero-order valence-electron chi connectivity index (χ0n) is 13.9. The molecule has 0 aliphatic carbocycles. The van der Waals surface area contributed by atoms with Crippen molar-refractivity contribution in [1.82, 2.24) is 10.3 Å². The van der Waals surface area contributed by atoms with Crippen LogP contribution in [0, 0.1) is 5.82 Å². The fourth-order valence-electron chi connectivity index (χ4n) is 2.41. The zero-order chi connectivity index (χ0) is 18.4. The Hall–Kier alpha value is -2.42. The van der Waals surface area contributed by atoms with Crippen molar-refractivity contribution in [2.45, 2.75) is 12.5 Å². The van der Waals surface area contributed by atoms with Gasteiger partial charge in [-0.25, -0.2) is 10.2 Å². The van der Waals surface area contributed by atoms with Crippen LogP contribution in [0.5, 0.6) is 0 Å². The zero-order valence-corrected chi connectivity index (χ0v) is 14.7. The summed E-state index contributed by atoms with van der Waals surface area (Å²) in [7, 11) is 1.67. The van der Waals surface area contributed by atoms with Gasteiger partial charge in [-0.05, 0) is 30.2 Å². The van der Waals surface area contributed by atoms with Crippen molar-refractivity contribution in [2.24, 2.45) is 17.3 Å². The fraction of sp³-hybridized carbons (Fsp3) is 0.235. The van der Waals surface area contributed by atoms with Gasteiger partial charge in [-0.2, -0.15) is 0 Å². The number of amides is 1. The number of nitrogens with two attached hydrogens (primary N) is 3. The van der Waals surface area contributed by atoms with Gasteiger partial charge in [0.1, 0.15) is 5.82 Å². The second kappa shape index (κ2) is 8.61. The minimum atomic E-state index is -0.311. The highest BCUT2D eigenvalue weighted by atomic mass is 32.1. The highest BCUT2D eigenvalue weighted by Crippen LogP contribution is 2.22. The lowest BCUT2D eigenvalue weighted by molar-refractivity contribution is 0.0942. The Kier molecular flexibility index (Phi) is 6.51. The lowest BCUT2D eigenvalue weighted by atomic mass is 10.1. The predicted octanol–water partition coefficient (Wildman–Crippen LogP) is 1.25. The first-order valence-electron chi connectivity index (χ1n) is 7.69. The van der Waals surface area contributed by atoms with Gasteiger partial charge < -0.3 is 21.8 Å². The van der Waals surface area contributed by atoms with Crippen molar-refractivity contribution in [3.8, 4) is 0 Å². The molecule has 1 heterocycles. The highest BCUT2D eigenvalue weighted by Gasteiger charge is 2.16. The smallest absolute Gasteiger partial charge is 0.261 e. The third-order valence-electron chi connectivity index (χ3n) is 3.65. The average molecular weight is 363 g/mol. The molecule has 1 atom stereocenters. The predicted molar refractivity (Wildman–Crippen MR) is 98.8 cm³/mol. The molecule has 0 radical (unpaired) electrons. The molecule has 0 saturated carbocycles. The summed E-state index contributed by atoms with van der Waals surface area (Å²) in [5.74, 6) is 5.16. The number of thiophene rings is 1. The Morgan fingerprint density at radius 2 is 2.20 bits per heavy atom. The summed E-state index contributed by atoms with van der Waals surface area (Å²) in [6, 6.07) is 7.68. The van der Waals surface area contributed by atoms with E-state index in [1.165, 1.54) is 34.7 Å². The molecule has 1 aromatic heterocycles. The van der Waals surface area contributed by atoms with Gasteiger partial charge in [0.25, 0.3) is 5.91 Å². The molecular formula is C17H22FN5OS. The quantitative estimate of drug-likeness (QED) is 0.437. The maximum absolute atomic E-state index is 13.3. The van der Waals surface area contributed by atoms with Crippen molar-refractivity contribution in [3.05, 3.63) is 63.7 Å². The summed E-state index contributed by atoms with van der Waals surface area (Å²) in [4.78, 5) is 13.0. The largest absolute Gasteiger partial charge is 0.403 e. The van der Waals surface area contributed by atoms with Gasteiger partial charge in [-0.3, -0.25) is 4.79 Å². The number of hydrazine groups is 1. The molecule has 8 heteroatoms. The van der Waals surface area contributed by atoms with E-state index >= 15 is 0 Å². The van der Waals surface area contributed by atoms with Crippen LogP contribution >= 0.6 is 11.3 Å². The molecule has 2 aromatic rings. The second-order valence-electron chi connectivity index (χ2n) is 5.60. The van der Waals surface area contributed by atoms with Gasteiger partial charge in [0.15, 0.2) is 0 Å². The molecule has 7 N–H and O–H groups in total. The topological polar surface area (TPSA) is 110 Å². The first kappa shape index (κ1) is 18.9. The van der Waals surface area contributed by atoms with E-state index in [0.29, 0.717) is 17.0 Å². The molecule has 1 amide bonds. The minimum absolute atomic E-state index is 0.237. The van der Waals surface area contributed by atoms with E-state index in [2.05, 4.69) is 5.32 Å². The molecule has 0 saturated heterocycles. The van der Waals surface area contributed by atoms with Crippen LogP contribution in [0.3, 0.4) is 0 Å². The van der Waals surface area contributed by atoms with E-state index in [1.54, 1.807) is 30.6 Å². The molecule has 0 fully saturated rings. The van der Waals surface area contributed by atoms with Crippen molar-refractivity contribution in [3.63, 3.8) is 0 Å². The van der Waals surface area contributed by atoms with Crippen molar-refractivity contribution in [1.29, 1.82) is 0 Å². The number of carbonyl (C=O) groups excluding carboxylic acids is 1. The molecule has 0 aliphatic heterocycles. The number of hydrogen-bond donors (Lipinski definition) is 4. The lowest BCUT2D eigenvalue weighted by Gasteiger charge is -2.16. The van der Waals surface area contributed by atoms with Crippen LogP contribution in [0.4, 0.5) is 4.39 Å². The Labute approximate surface area is 150 Å². The SMILES string of the molecule is CN(N)/C(=C\N)c1csc(C(=O)NC(CN)Cc2cccc(F)c2)c1. The van der Waals surface area contributed by atoms with Gasteiger partial charge >= 0.3 is 0 Å². The maximum atomic E-state index is 13.3. The van der Waals surface area contributed by atoms with E-state index < -0.39 is 0 Å². The molecule has 0 bridgehead atoms. The van der Waals surface area contributed by atoms with Crippen LogP contribution in [-0.4, -0.2) is 30.6 Å². The molecule has 134 valence electrons. The standard InChI is InChI=1S/C17H22FN5OS/c1-23(21)15(9-20)12-7-16(25-10-12)17(24)22-14(8-19)6-11-3-2-4-13(18)5-11/h2-5,7,9-10,14H,6,8,19-21H2,1H3,(H,22,24)/b15-9-. The summed E-state index contributed by atoms with van der Waals surface area (Å²) in [6.07, 6.45) is 1.84. The van der Waals surface area contributed by atoms with Crippen molar-refractivity contribution < 1.29 is 9.18 Å². The number of rotatable bonds is 7. The minimum Gasteiger partial charge on any atom is -0.403 e. The van der Waals surface area contributed by atoms with Gasteiger partial charge in [0.05, 0.1) is 10.6 Å². The van der Waals surface area contributed by atoms with E-state index in [1.807, 2.05) is 0 Å². The van der Waals surface area contributed by atoms with E-state index in [-0.39, 0.29) is 24.3 Å². The van der Waals surface area contributed by atoms with Crippen LogP contribution in [0.25, 0.3) is 5.70 Å². The Morgan fingerprint density at radius 1 is 1.44 bits per heavy atom. The molecule has 6 nitrogen and oxygen atoms in total.